The Kier molecular flexibility index (Phi) is 3.85. The zero-order valence-corrected chi connectivity index (χ0v) is 12.8. The third-order valence-corrected chi connectivity index (χ3v) is 4.38. The van der Waals surface area contributed by atoms with Crippen LogP contribution in [-0.4, -0.2) is 10.8 Å². The second kappa shape index (κ2) is 5.79. The van der Waals surface area contributed by atoms with Crippen molar-refractivity contribution < 1.29 is 4.79 Å². The van der Waals surface area contributed by atoms with Gasteiger partial charge >= 0.3 is 0 Å². The van der Waals surface area contributed by atoms with Crippen LogP contribution in [0.5, 0.6) is 0 Å². The Morgan fingerprint density at radius 3 is 2.67 bits per heavy atom. The number of pyridine rings is 1. The first-order valence-corrected chi connectivity index (χ1v) is 7.59. The topological polar surface area (TPSA) is 53.8 Å². The van der Waals surface area contributed by atoms with Crippen molar-refractivity contribution >= 4 is 21.7 Å². The maximum atomic E-state index is 12.5. The Hall–Kier alpha value is -1.99. The molecule has 0 radical (unpaired) electrons. The van der Waals surface area contributed by atoms with Gasteiger partial charge in [-0.3, -0.25) is 9.78 Å². The van der Waals surface area contributed by atoms with Crippen molar-refractivity contribution in [1.82, 2.24) is 4.98 Å². The number of benzene rings is 1. The van der Waals surface area contributed by atoms with E-state index in [1.807, 2.05) is 24.3 Å². The maximum Gasteiger partial charge on any atom is 0.159 e. The lowest BCUT2D eigenvalue weighted by molar-refractivity contribution is -0.120. The van der Waals surface area contributed by atoms with Crippen LogP contribution >= 0.6 is 15.9 Å². The second-order valence-electron chi connectivity index (χ2n) is 5.22. The molecule has 1 heterocycles. The fraction of sp³-hybridized carbons (Fsp3) is 0.235. The summed E-state index contributed by atoms with van der Waals surface area (Å²) in [5.74, 6) is -0.580. The highest BCUT2D eigenvalue weighted by atomic mass is 79.9. The fourth-order valence-electron chi connectivity index (χ4n) is 2.62. The average molecular weight is 341 g/mol. The third-order valence-electron chi connectivity index (χ3n) is 3.85. The summed E-state index contributed by atoms with van der Waals surface area (Å²) < 4.78 is 1.03. The second-order valence-corrected chi connectivity index (χ2v) is 6.13. The minimum atomic E-state index is -0.753. The van der Waals surface area contributed by atoms with Gasteiger partial charge in [0, 0.05) is 16.6 Å². The largest absolute Gasteiger partial charge is 0.297 e. The molecule has 1 fully saturated rings. The lowest BCUT2D eigenvalue weighted by Gasteiger charge is -2.07. The molecule has 3 nitrogen and oxygen atoms in total. The van der Waals surface area contributed by atoms with Gasteiger partial charge in [0.2, 0.25) is 0 Å². The average Bonchev–Trinajstić information content (AvgIpc) is 3.30. The van der Waals surface area contributed by atoms with E-state index in [4.69, 9.17) is 0 Å². The van der Waals surface area contributed by atoms with Crippen molar-refractivity contribution in [3.63, 3.8) is 0 Å². The molecule has 0 spiro atoms. The molecule has 1 saturated carbocycles. The van der Waals surface area contributed by atoms with Crippen LogP contribution in [0.2, 0.25) is 0 Å². The summed E-state index contributed by atoms with van der Waals surface area (Å²) >= 11 is 3.41. The molecule has 1 aliphatic rings. The highest BCUT2D eigenvalue weighted by Gasteiger charge is 2.46. The van der Waals surface area contributed by atoms with Crippen molar-refractivity contribution in [3.05, 3.63) is 64.4 Å². The molecule has 3 atom stereocenters. The van der Waals surface area contributed by atoms with Crippen LogP contribution in [-0.2, 0) is 4.79 Å². The van der Waals surface area contributed by atoms with Crippen molar-refractivity contribution in [2.45, 2.75) is 18.3 Å². The lowest BCUT2D eigenvalue weighted by atomic mass is 9.95. The zero-order valence-electron chi connectivity index (χ0n) is 11.2. The number of rotatable bonds is 4. The van der Waals surface area contributed by atoms with Crippen molar-refractivity contribution in [3.8, 4) is 6.07 Å². The molecular formula is C17H13BrN2O. The molecule has 1 aliphatic carbocycles. The normalized spacial score (nSPS) is 21.3. The molecule has 0 N–H and O–H groups in total. The Morgan fingerprint density at radius 1 is 1.29 bits per heavy atom. The van der Waals surface area contributed by atoms with Gasteiger partial charge in [-0.25, -0.2) is 0 Å². The number of hydrogen-bond donors (Lipinski definition) is 0. The minimum absolute atomic E-state index is 0.0101. The summed E-state index contributed by atoms with van der Waals surface area (Å²) in [4.78, 5) is 16.7. The van der Waals surface area contributed by atoms with E-state index in [-0.39, 0.29) is 17.6 Å². The van der Waals surface area contributed by atoms with Crippen molar-refractivity contribution in [2.75, 3.05) is 0 Å². The summed E-state index contributed by atoms with van der Waals surface area (Å²) in [6.07, 6.45) is 2.44. The smallest absolute Gasteiger partial charge is 0.159 e. The molecule has 21 heavy (non-hydrogen) atoms. The minimum Gasteiger partial charge on any atom is -0.297 e. The predicted molar refractivity (Wildman–Crippen MR) is 82.6 cm³/mol. The van der Waals surface area contributed by atoms with Crippen LogP contribution in [0, 0.1) is 17.2 Å². The summed E-state index contributed by atoms with van der Waals surface area (Å²) in [6, 6.07) is 15.5. The molecule has 4 heteroatoms. The number of nitriles is 1. The van der Waals surface area contributed by atoms with Crippen LogP contribution < -0.4 is 0 Å². The van der Waals surface area contributed by atoms with Gasteiger partial charge < -0.3 is 0 Å². The van der Waals surface area contributed by atoms with Gasteiger partial charge in [0.15, 0.2) is 5.78 Å². The molecule has 1 aromatic heterocycles. The van der Waals surface area contributed by atoms with Gasteiger partial charge in [0.05, 0.1) is 11.8 Å². The van der Waals surface area contributed by atoms with E-state index < -0.39 is 5.92 Å². The van der Waals surface area contributed by atoms with E-state index in [0.717, 1.165) is 16.5 Å². The molecule has 1 aromatic carbocycles. The molecule has 3 unspecified atom stereocenters. The third kappa shape index (κ3) is 2.88. The van der Waals surface area contributed by atoms with Crippen LogP contribution in [0.1, 0.15) is 29.5 Å². The quantitative estimate of drug-likeness (QED) is 0.849. The number of nitrogens with zero attached hydrogens (tertiary/aromatic N) is 2. The summed E-state index contributed by atoms with van der Waals surface area (Å²) in [5.41, 5.74) is 1.71. The van der Waals surface area contributed by atoms with Gasteiger partial charge in [-0.15, -0.1) is 0 Å². The Balaban J connectivity index is 1.75. The number of hydrogen-bond acceptors (Lipinski definition) is 3. The SMILES string of the molecule is N#CC(C(=O)C1CC1c1ccc(Br)cc1)c1ccccn1. The molecule has 104 valence electrons. The van der Waals surface area contributed by atoms with Crippen molar-refractivity contribution in [2.24, 2.45) is 5.92 Å². The Bertz CT molecular complexity index is 691. The number of ketones is 1. The summed E-state index contributed by atoms with van der Waals surface area (Å²) in [5, 5.41) is 9.30. The molecule has 0 saturated heterocycles. The van der Waals surface area contributed by atoms with E-state index in [0.29, 0.717) is 5.69 Å². The summed E-state index contributed by atoms with van der Waals surface area (Å²) in [7, 11) is 0. The van der Waals surface area contributed by atoms with Gasteiger partial charge in [-0.05, 0) is 42.2 Å². The number of carbonyl (C=O) groups is 1. The standard InChI is InChI=1S/C17H13BrN2O/c18-12-6-4-11(5-7-12)13-9-14(13)17(21)15(10-19)16-3-1-2-8-20-16/h1-8,13-15H,9H2. The van der Waals surface area contributed by atoms with Crippen LogP contribution in [0.15, 0.2) is 53.1 Å². The molecule has 0 aliphatic heterocycles. The Morgan fingerprint density at radius 2 is 2.05 bits per heavy atom. The van der Waals surface area contributed by atoms with Gasteiger partial charge in [-0.1, -0.05) is 34.1 Å². The van der Waals surface area contributed by atoms with Gasteiger partial charge in [0.1, 0.15) is 5.92 Å². The highest BCUT2D eigenvalue weighted by molar-refractivity contribution is 9.10. The lowest BCUT2D eigenvalue weighted by Crippen LogP contribution is -2.14. The predicted octanol–water partition coefficient (Wildman–Crippen LogP) is 3.82. The van der Waals surface area contributed by atoms with E-state index in [9.17, 15) is 10.1 Å². The van der Waals surface area contributed by atoms with E-state index in [1.54, 1.807) is 24.4 Å². The summed E-state index contributed by atoms with van der Waals surface area (Å²) in [6.45, 7) is 0. The highest BCUT2D eigenvalue weighted by Crippen LogP contribution is 2.50. The van der Waals surface area contributed by atoms with Crippen molar-refractivity contribution in [1.29, 1.82) is 5.26 Å². The monoisotopic (exact) mass is 340 g/mol. The first kappa shape index (κ1) is 14.0. The van der Waals surface area contributed by atoms with Crippen LogP contribution in [0.25, 0.3) is 0 Å². The first-order chi connectivity index (χ1) is 10.2. The number of halogens is 1. The number of carbonyl (C=O) groups excluding carboxylic acids is 1. The van der Waals surface area contributed by atoms with Crippen LogP contribution in [0.3, 0.4) is 0 Å². The molecule has 0 amide bonds. The zero-order chi connectivity index (χ0) is 14.8. The van der Waals surface area contributed by atoms with E-state index in [2.05, 4.69) is 27.0 Å². The molecule has 3 rings (SSSR count). The fourth-order valence-corrected chi connectivity index (χ4v) is 2.89. The van der Waals surface area contributed by atoms with E-state index in [1.165, 1.54) is 0 Å². The number of Topliss-reactive ketones (excluding diaryl/α,β-unsaturated/α-hetero) is 1. The molecule has 0 bridgehead atoms. The first-order valence-electron chi connectivity index (χ1n) is 6.80. The van der Waals surface area contributed by atoms with Crippen LogP contribution in [0.4, 0.5) is 0 Å². The molecular weight excluding hydrogens is 328 g/mol. The molecule has 2 aromatic rings. The van der Waals surface area contributed by atoms with E-state index >= 15 is 0 Å². The van der Waals surface area contributed by atoms with Gasteiger partial charge in [0.25, 0.3) is 0 Å². The van der Waals surface area contributed by atoms with Gasteiger partial charge in [-0.2, -0.15) is 5.26 Å². The number of aromatic nitrogens is 1. The Labute approximate surface area is 131 Å². The maximum absolute atomic E-state index is 12.5.